The number of benzene rings is 1. The molecule has 1 N–H and O–H groups in total. The number of nitrogens with one attached hydrogen (secondary N) is 1. The average Bonchev–Trinajstić information content (AvgIpc) is 2.36. The second-order valence-electron chi connectivity index (χ2n) is 5.86. The van der Waals surface area contributed by atoms with Gasteiger partial charge in [0.1, 0.15) is 0 Å². The van der Waals surface area contributed by atoms with Gasteiger partial charge in [-0.1, -0.05) is 44.5 Å². The zero-order valence-electron chi connectivity index (χ0n) is 13.2. The predicted octanol–water partition coefficient (Wildman–Crippen LogP) is 3.11. The summed E-state index contributed by atoms with van der Waals surface area (Å²) in [5.74, 6) is 0. The van der Waals surface area contributed by atoms with Crippen LogP contribution in [0.25, 0.3) is 0 Å². The molecule has 0 aromatic heterocycles. The van der Waals surface area contributed by atoms with E-state index in [2.05, 4.69) is 24.4 Å². The first kappa shape index (κ1) is 17.2. The van der Waals surface area contributed by atoms with Crippen LogP contribution in [-0.2, 0) is 16.3 Å². The molecule has 4 heteroatoms. The monoisotopic (exact) mass is 297 g/mol. The average molecular weight is 297 g/mol. The highest BCUT2D eigenvalue weighted by molar-refractivity contribution is 7.92. The highest BCUT2D eigenvalue weighted by Crippen LogP contribution is 2.32. The normalized spacial score (nSPS) is 14.2. The minimum atomic E-state index is -3.15. The van der Waals surface area contributed by atoms with Gasteiger partial charge in [-0.05, 0) is 37.9 Å². The summed E-state index contributed by atoms with van der Waals surface area (Å²) >= 11 is 0. The molecule has 1 unspecified atom stereocenters. The van der Waals surface area contributed by atoms with Crippen molar-refractivity contribution >= 4 is 9.84 Å². The van der Waals surface area contributed by atoms with E-state index in [1.807, 2.05) is 19.1 Å². The van der Waals surface area contributed by atoms with E-state index in [0.717, 1.165) is 24.9 Å². The van der Waals surface area contributed by atoms with Crippen LogP contribution in [0.4, 0.5) is 0 Å². The molecule has 0 heterocycles. The van der Waals surface area contributed by atoms with Crippen LogP contribution in [0.15, 0.2) is 24.3 Å². The highest BCUT2D eigenvalue weighted by atomic mass is 32.2. The standard InChI is InChI=1S/C16H27NO2S/c1-6-8-13-9-11-14(12-10-13)15(17-7-2)16(3,4)20(5,18)19/h9-12,15,17H,6-8H2,1-5H3. The van der Waals surface area contributed by atoms with Crippen LogP contribution < -0.4 is 5.32 Å². The third-order valence-electron chi connectivity index (χ3n) is 3.91. The lowest BCUT2D eigenvalue weighted by Crippen LogP contribution is -2.44. The van der Waals surface area contributed by atoms with E-state index >= 15 is 0 Å². The van der Waals surface area contributed by atoms with Crippen molar-refractivity contribution in [3.05, 3.63) is 35.4 Å². The quantitative estimate of drug-likeness (QED) is 0.841. The van der Waals surface area contributed by atoms with Crippen molar-refractivity contribution in [2.45, 2.75) is 51.3 Å². The van der Waals surface area contributed by atoms with Gasteiger partial charge < -0.3 is 5.32 Å². The van der Waals surface area contributed by atoms with Crippen molar-refractivity contribution in [2.75, 3.05) is 12.8 Å². The van der Waals surface area contributed by atoms with Gasteiger partial charge in [-0.3, -0.25) is 0 Å². The summed E-state index contributed by atoms with van der Waals surface area (Å²) < 4.78 is 23.3. The van der Waals surface area contributed by atoms with Crippen LogP contribution >= 0.6 is 0 Å². The zero-order chi connectivity index (χ0) is 15.4. The largest absolute Gasteiger partial charge is 0.309 e. The van der Waals surface area contributed by atoms with Crippen LogP contribution in [-0.4, -0.2) is 26.0 Å². The van der Waals surface area contributed by atoms with Gasteiger partial charge in [-0.25, -0.2) is 8.42 Å². The molecule has 3 nitrogen and oxygen atoms in total. The van der Waals surface area contributed by atoms with Crippen LogP contribution in [0.5, 0.6) is 0 Å². The van der Waals surface area contributed by atoms with Crippen molar-refractivity contribution < 1.29 is 8.42 Å². The molecule has 1 rings (SSSR count). The molecule has 0 bridgehead atoms. The molecule has 0 aliphatic rings. The van der Waals surface area contributed by atoms with E-state index in [0.29, 0.717) is 0 Å². The third kappa shape index (κ3) is 3.83. The Bertz CT molecular complexity index is 518. The Balaban J connectivity index is 3.14. The van der Waals surface area contributed by atoms with Gasteiger partial charge in [0.05, 0.1) is 10.8 Å². The molecule has 1 aromatic rings. The molecule has 0 radical (unpaired) electrons. The number of aryl methyl sites for hydroxylation is 1. The molecule has 0 aliphatic carbocycles. The van der Waals surface area contributed by atoms with Crippen LogP contribution in [0.1, 0.15) is 51.3 Å². The van der Waals surface area contributed by atoms with Gasteiger partial charge in [0.15, 0.2) is 9.84 Å². The number of sulfone groups is 1. The Hall–Kier alpha value is -0.870. The van der Waals surface area contributed by atoms with Crippen molar-refractivity contribution in [3.63, 3.8) is 0 Å². The van der Waals surface area contributed by atoms with Crippen LogP contribution in [0.3, 0.4) is 0 Å². The van der Waals surface area contributed by atoms with Gasteiger partial charge >= 0.3 is 0 Å². The Kier molecular flexibility index (Phi) is 5.78. The fourth-order valence-electron chi connectivity index (χ4n) is 2.35. The molecule has 0 saturated heterocycles. The predicted molar refractivity (Wildman–Crippen MR) is 85.8 cm³/mol. The summed E-state index contributed by atoms with van der Waals surface area (Å²) in [6.45, 7) is 8.46. The molecule has 20 heavy (non-hydrogen) atoms. The van der Waals surface area contributed by atoms with Crippen molar-refractivity contribution in [3.8, 4) is 0 Å². The van der Waals surface area contributed by atoms with E-state index in [4.69, 9.17) is 0 Å². The summed E-state index contributed by atoms with van der Waals surface area (Å²) in [6, 6.07) is 8.10. The second kappa shape index (κ2) is 6.72. The Morgan fingerprint density at radius 3 is 2.10 bits per heavy atom. The number of hydrogen-bond donors (Lipinski definition) is 1. The molecular weight excluding hydrogens is 270 g/mol. The zero-order valence-corrected chi connectivity index (χ0v) is 14.0. The number of hydrogen-bond acceptors (Lipinski definition) is 3. The Morgan fingerprint density at radius 1 is 1.15 bits per heavy atom. The van der Waals surface area contributed by atoms with Gasteiger partial charge in [-0.15, -0.1) is 0 Å². The number of rotatable bonds is 7. The molecular formula is C16H27NO2S. The van der Waals surface area contributed by atoms with Gasteiger partial charge in [0.25, 0.3) is 0 Å². The molecule has 1 atom stereocenters. The summed E-state index contributed by atoms with van der Waals surface area (Å²) in [4.78, 5) is 0. The maximum absolute atomic E-state index is 12.1. The Labute approximate surface area is 123 Å². The first-order valence-electron chi connectivity index (χ1n) is 7.25. The maximum Gasteiger partial charge on any atom is 0.154 e. The summed E-state index contributed by atoms with van der Waals surface area (Å²) in [7, 11) is -3.15. The lowest BCUT2D eigenvalue weighted by Gasteiger charge is -2.33. The minimum Gasteiger partial charge on any atom is -0.309 e. The fraction of sp³-hybridized carbons (Fsp3) is 0.625. The summed E-state index contributed by atoms with van der Waals surface area (Å²) in [5, 5.41) is 3.32. The topological polar surface area (TPSA) is 46.2 Å². The first-order valence-corrected chi connectivity index (χ1v) is 9.15. The van der Waals surface area contributed by atoms with Crippen molar-refractivity contribution in [2.24, 2.45) is 0 Å². The molecule has 0 amide bonds. The third-order valence-corrected chi connectivity index (χ3v) is 6.06. The molecule has 0 spiro atoms. The van der Waals surface area contributed by atoms with E-state index < -0.39 is 14.6 Å². The summed E-state index contributed by atoms with van der Waals surface area (Å²) in [6.07, 6.45) is 3.48. The molecule has 1 aromatic carbocycles. The van der Waals surface area contributed by atoms with Gasteiger partial charge in [-0.2, -0.15) is 0 Å². The smallest absolute Gasteiger partial charge is 0.154 e. The second-order valence-corrected chi connectivity index (χ2v) is 8.45. The molecule has 114 valence electrons. The van der Waals surface area contributed by atoms with Gasteiger partial charge in [0.2, 0.25) is 0 Å². The van der Waals surface area contributed by atoms with E-state index in [-0.39, 0.29) is 6.04 Å². The lowest BCUT2D eigenvalue weighted by atomic mass is 9.94. The van der Waals surface area contributed by atoms with E-state index in [1.165, 1.54) is 11.8 Å². The van der Waals surface area contributed by atoms with Crippen LogP contribution in [0, 0.1) is 0 Å². The van der Waals surface area contributed by atoms with Crippen molar-refractivity contribution in [1.29, 1.82) is 0 Å². The minimum absolute atomic E-state index is 0.196. The maximum atomic E-state index is 12.1. The SMILES string of the molecule is CCCc1ccc(C(NCC)C(C)(C)S(C)(=O)=O)cc1. The summed E-state index contributed by atoms with van der Waals surface area (Å²) in [5.41, 5.74) is 2.32. The van der Waals surface area contributed by atoms with Crippen LogP contribution in [0.2, 0.25) is 0 Å². The molecule has 0 fully saturated rings. The molecule has 0 saturated carbocycles. The van der Waals surface area contributed by atoms with E-state index in [1.54, 1.807) is 13.8 Å². The lowest BCUT2D eigenvalue weighted by molar-refractivity contribution is 0.428. The first-order chi connectivity index (χ1) is 9.24. The Morgan fingerprint density at radius 2 is 1.70 bits per heavy atom. The highest BCUT2D eigenvalue weighted by Gasteiger charge is 2.39. The molecule has 0 aliphatic heterocycles. The van der Waals surface area contributed by atoms with E-state index in [9.17, 15) is 8.42 Å². The fourth-order valence-corrected chi connectivity index (χ4v) is 3.00. The van der Waals surface area contributed by atoms with Gasteiger partial charge in [0, 0.05) is 6.26 Å². The van der Waals surface area contributed by atoms with Crippen molar-refractivity contribution in [1.82, 2.24) is 5.32 Å².